The average molecular weight is 421 g/mol. The van der Waals surface area contributed by atoms with Crippen LogP contribution in [0.2, 0.25) is 0 Å². The van der Waals surface area contributed by atoms with Crippen molar-refractivity contribution in [1.29, 1.82) is 0 Å². The molecule has 0 radical (unpaired) electrons. The van der Waals surface area contributed by atoms with Crippen LogP contribution in [0, 0.1) is 5.92 Å². The lowest BCUT2D eigenvalue weighted by atomic mass is 9.58. The molecule has 1 saturated heterocycles. The minimum Gasteiger partial charge on any atom is -0.427 e. The summed E-state index contributed by atoms with van der Waals surface area (Å²) in [5.41, 5.74) is 1.95. The number of carbonyl (C=O) groups excluding carboxylic acids is 2. The fraction of sp³-hybridized carbons (Fsp3) is 0.462. The van der Waals surface area contributed by atoms with E-state index >= 15 is 0 Å². The highest BCUT2D eigenvalue weighted by Gasteiger charge is 2.48. The Labute approximate surface area is 185 Å². The summed E-state index contributed by atoms with van der Waals surface area (Å²) < 4.78 is 5.40. The van der Waals surface area contributed by atoms with Crippen LogP contribution >= 0.6 is 0 Å². The Hall–Kier alpha value is -2.66. The third-order valence-corrected chi connectivity index (χ3v) is 7.26. The summed E-state index contributed by atoms with van der Waals surface area (Å²) >= 11 is 0. The number of hydrogen-bond acceptors (Lipinski definition) is 4. The Morgan fingerprint density at radius 1 is 1.10 bits per heavy atom. The second-order valence-electron chi connectivity index (χ2n) is 9.20. The number of rotatable bonds is 4. The van der Waals surface area contributed by atoms with E-state index in [4.69, 9.17) is 4.74 Å². The lowest BCUT2D eigenvalue weighted by Gasteiger charge is -2.53. The zero-order chi connectivity index (χ0) is 22.0. The highest BCUT2D eigenvalue weighted by molar-refractivity contribution is 5.94. The molecule has 2 aliphatic rings. The molecule has 1 heterocycles. The number of esters is 1. The van der Waals surface area contributed by atoms with Crippen molar-refractivity contribution in [3.63, 3.8) is 0 Å². The number of carbonyl (C=O) groups is 2. The lowest BCUT2D eigenvalue weighted by Crippen LogP contribution is -2.55. The molecule has 0 aromatic heterocycles. The fourth-order valence-electron chi connectivity index (χ4n) is 5.60. The topological polar surface area (TPSA) is 49.9 Å². The predicted molar refractivity (Wildman–Crippen MR) is 121 cm³/mol. The number of amides is 1. The van der Waals surface area contributed by atoms with Crippen LogP contribution in [0.1, 0.15) is 48.5 Å². The van der Waals surface area contributed by atoms with Gasteiger partial charge in [0.1, 0.15) is 5.75 Å². The first-order valence-electron chi connectivity index (χ1n) is 11.2. The van der Waals surface area contributed by atoms with Gasteiger partial charge in [-0.05, 0) is 75.0 Å². The Kier molecular flexibility index (Phi) is 6.15. The number of nitrogens with zero attached hydrogens (tertiary/aromatic N) is 2. The molecule has 5 heteroatoms. The number of piperidine rings is 1. The normalized spacial score (nSPS) is 26.0. The van der Waals surface area contributed by atoms with Crippen LogP contribution in [0.3, 0.4) is 0 Å². The van der Waals surface area contributed by atoms with Crippen LogP contribution in [0.4, 0.5) is 0 Å². The molecule has 0 unspecified atom stereocenters. The van der Waals surface area contributed by atoms with Crippen molar-refractivity contribution in [2.75, 3.05) is 27.2 Å². The van der Waals surface area contributed by atoms with E-state index in [-0.39, 0.29) is 23.3 Å². The number of fused-ring (bicyclic) bond motifs is 1. The largest absolute Gasteiger partial charge is 0.427 e. The molecule has 1 aliphatic heterocycles. The maximum absolute atomic E-state index is 13.1. The van der Waals surface area contributed by atoms with Gasteiger partial charge in [0, 0.05) is 37.5 Å². The second kappa shape index (κ2) is 8.83. The molecule has 2 aromatic carbocycles. The van der Waals surface area contributed by atoms with Crippen molar-refractivity contribution < 1.29 is 14.3 Å². The van der Waals surface area contributed by atoms with E-state index in [1.54, 1.807) is 0 Å². The van der Waals surface area contributed by atoms with Gasteiger partial charge in [-0.3, -0.25) is 9.59 Å². The van der Waals surface area contributed by atoms with E-state index in [0.29, 0.717) is 11.7 Å². The van der Waals surface area contributed by atoms with Crippen molar-refractivity contribution in [3.8, 4) is 5.75 Å². The fourth-order valence-corrected chi connectivity index (χ4v) is 5.60. The first-order chi connectivity index (χ1) is 14.9. The molecule has 5 nitrogen and oxygen atoms in total. The third kappa shape index (κ3) is 4.38. The van der Waals surface area contributed by atoms with Gasteiger partial charge in [0.2, 0.25) is 0 Å². The number of ether oxygens (including phenoxy) is 1. The molecule has 0 spiro atoms. The predicted octanol–water partition coefficient (Wildman–Crippen LogP) is 4.13. The van der Waals surface area contributed by atoms with E-state index in [1.807, 2.05) is 60.5 Å². The van der Waals surface area contributed by atoms with Crippen molar-refractivity contribution in [3.05, 3.63) is 65.7 Å². The Morgan fingerprint density at radius 2 is 1.87 bits per heavy atom. The molecule has 1 saturated carbocycles. The van der Waals surface area contributed by atoms with Crippen LogP contribution in [0.25, 0.3) is 0 Å². The van der Waals surface area contributed by atoms with Crippen LogP contribution in [0.15, 0.2) is 54.6 Å². The summed E-state index contributed by atoms with van der Waals surface area (Å²) in [6.45, 7) is 3.52. The molecule has 31 heavy (non-hydrogen) atoms. The van der Waals surface area contributed by atoms with E-state index < -0.39 is 0 Å². The van der Waals surface area contributed by atoms with Gasteiger partial charge in [0.05, 0.1) is 0 Å². The molecular formula is C26H32N2O3. The molecule has 3 atom stereocenters. The molecule has 0 N–H and O–H groups in total. The first-order valence-corrected chi connectivity index (χ1v) is 11.2. The average Bonchev–Trinajstić information content (AvgIpc) is 2.78. The summed E-state index contributed by atoms with van der Waals surface area (Å²) in [5, 5.41) is 0. The van der Waals surface area contributed by atoms with Crippen LogP contribution < -0.4 is 4.74 Å². The monoisotopic (exact) mass is 420 g/mol. The smallest absolute Gasteiger partial charge is 0.308 e. The Balaban J connectivity index is 1.64. The van der Waals surface area contributed by atoms with Gasteiger partial charge in [-0.25, -0.2) is 0 Å². The van der Waals surface area contributed by atoms with E-state index in [9.17, 15) is 9.59 Å². The SMILES string of the molecule is CC(=O)Oc1cccc([C@@]23CCN(C)C[C@H]2CC[C@@H](N(C)C(=O)c2ccccc2)C3)c1. The number of benzene rings is 2. The van der Waals surface area contributed by atoms with Gasteiger partial charge < -0.3 is 14.5 Å². The zero-order valence-corrected chi connectivity index (χ0v) is 18.7. The highest BCUT2D eigenvalue weighted by Crippen LogP contribution is 2.50. The zero-order valence-electron chi connectivity index (χ0n) is 18.7. The summed E-state index contributed by atoms with van der Waals surface area (Å²) in [5.74, 6) is 0.910. The van der Waals surface area contributed by atoms with E-state index in [1.165, 1.54) is 12.5 Å². The van der Waals surface area contributed by atoms with Crippen molar-refractivity contribution >= 4 is 11.9 Å². The molecule has 0 bridgehead atoms. The van der Waals surface area contributed by atoms with Gasteiger partial charge in [0.15, 0.2) is 0 Å². The second-order valence-corrected chi connectivity index (χ2v) is 9.20. The molecule has 2 fully saturated rings. The van der Waals surface area contributed by atoms with Crippen LogP contribution in [-0.4, -0.2) is 54.9 Å². The molecule has 2 aromatic rings. The van der Waals surface area contributed by atoms with Gasteiger partial charge in [-0.1, -0.05) is 30.3 Å². The van der Waals surface area contributed by atoms with Gasteiger partial charge in [-0.15, -0.1) is 0 Å². The highest BCUT2D eigenvalue weighted by atomic mass is 16.5. The standard InChI is InChI=1S/C26H32N2O3/c1-19(29)31-24-11-7-10-21(16-24)26-14-15-27(2)18-22(26)12-13-23(17-26)28(3)25(30)20-8-5-4-6-9-20/h4-11,16,22-23H,12-15,17-18H2,1-3H3/t22-,23-,26+/m1/s1. The van der Waals surface area contributed by atoms with Gasteiger partial charge in [-0.2, -0.15) is 0 Å². The molecule has 164 valence electrons. The van der Waals surface area contributed by atoms with Crippen LogP contribution in [-0.2, 0) is 10.2 Å². The molecule has 1 amide bonds. The maximum Gasteiger partial charge on any atom is 0.308 e. The summed E-state index contributed by atoms with van der Waals surface area (Å²) in [7, 11) is 4.13. The number of hydrogen-bond donors (Lipinski definition) is 0. The minimum absolute atomic E-state index is 0.0171. The third-order valence-electron chi connectivity index (χ3n) is 7.26. The van der Waals surface area contributed by atoms with E-state index in [0.717, 1.165) is 44.3 Å². The van der Waals surface area contributed by atoms with Crippen molar-refractivity contribution in [2.45, 2.75) is 44.1 Å². The first kappa shape index (κ1) is 21.6. The summed E-state index contributed by atoms with van der Waals surface area (Å²) in [6, 6.07) is 17.8. The molecule has 4 rings (SSSR count). The summed E-state index contributed by atoms with van der Waals surface area (Å²) in [4.78, 5) is 29.0. The Bertz CT molecular complexity index is 945. The van der Waals surface area contributed by atoms with Crippen molar-refractivity contribution in [2.24, 2.45) is 5.92 Å². The van der Waals surface area contributed by atoms with Gasteiger partial charge in [0.25, 0.3) is 5.91 Å². The minimum atomic E-state index is -0.302. The molecular weight excluding hydrogens is 388 g/mol. The quantitative estimate of drug-likeness (QED) is 0.551. The van der Waals surface area contributed by atoms with E-state index in [2.05, 4.69) is 18.0 Å². The van der Waals surface area contributed by atoms with Crippen molar-refractivity contribution in [1.82, 2.24) is 9.80 Å². The Morgan fingerprint density at radius 3 is 2.61 bits per heavy atom. The summed E-state index contributed by atoms with van der Waals surface area (Å²) in [6.07, 6.45) is 4.07. The number of likely N-dealkylation sites (tertiary alicyclic amines) is 1. The lowest BCUT2D eigenvalue weighted by molar-refractivity contribution is -0.131. The molecule has 1 aliphatic carbocycles. The van der Waals surface area contributed by atoms with Crippen LogP contribution in [0.5, 0.6) is 5.75 Å². The van der Waals surface area contributed by atoms with Gasteiger partial charge >= 0.3 is 5.97 Å². The maximum atomic E-state index is 13.1.